The van der Waals surface area contributed by atoms with Gasteiger partial charge in [-0.2, -0.15) is 0 Å². The van der Waals surface area contributed by atoms with Crippen molar-refractivity contribution in [1.82, 2.24) is 5.32 Å². The van der Waals surface area contributed by atoms with Crippen molar-refractivity contribution in [3.05, 3.63) is 69.7 Å². The Hall–Kier alpha value is -1.84. The van der Waals surface area contributed by atoms with Crippen LogP contribution < -0.4 is 5.32 Å². The summed E-state index contributed by atoms with van der Waals surface area (Å²) in [7, 11) is 1.90. The fourth-order valence-corrected chi connectivity index (χ4v) is 2.37. The molecule has 0 unspecified atom stereocenters. The van der Waals surface area contributed by atoms with Crippen LogP contribution in [0.3, 0.4) is 0 Å². The number of aryl methyl sites for hydroxylation is 1. The quantitative estimate of drug-likeness (QED) is 0.636. The van der Waals surface area contributed by atoms with E-state index < -0.39 is 0 Å². The van der Waals surface area contributed by atoms with Crippen LogP contribution >= 0.6 is 11.6 Å². The maximum Gasteiger partial charge on any atom is 0.142 e. The first-order valence-corrected chi connectivity index (χ1v) is 7.63. The van der Waals surface area contributed by atoms with Crippen molar-refractivity contribution in [2.75, 3.05) is 7.05 Å². The molecule has 0 saturated carbocycles. The number of oxime groups is 1. The summed E-state index contributed by atoms with van der Waals surface area (Å²) < 4.78 is 0. The van der Waals surface area contributed by atoms with E-state index in [4.69, 9.17) is 16.4 Å². The molecule has 22 heavy (non-hydrogen) atoms. The van der Waals surface area contributed by atoms with Gasteiger partial charge in [-0.25, -0.2) is 0 Å². The molecule has 0 aliphatic rings. The zero-order valence-electron chi connectivity index (χ0n) is 13.2. The Bertz CT molecular complexity index is 668. The molecule has 0 amide bonds. The molecule has 0 aliphatic carbocycles. The molecule has 4 heteroatoms. The lowest BCUT2D eigenvalue weighted by atomic mass is 10.1. The molecule has 0 bridgehead atoms. The number of hydrogen-bond donors (Lipinski definition) is 1. The molecule has 0 heterocycles. The van der Waals surface area contributed by atoms with Crippen LogP contribution in [0.25, 0.3) is 0 Å². The Morgan fingerprint density at radius 1 is 1.23 bits per heavy atom. The molecule has 0 aliphatic heterocycles. The molecule has 0 fully saturated rings. The number of benzene rings is 2. The fraction of sp³-hybridized carbons (Fsp3) is 0.278. The summed E-state index contributed by atoms with van der Waals surface area (Å²) >= 11 is 6.17. The van der Waals surface area contributed by atoms with Crippen LogP contribution in [0.15, 0.2) is 47.6 Å². The van der Waals surface area contributed by atoms with Gasteiger partial charge in [-0.1, -0.05) is 52.7 Å². The van der Waals surface area contributed by atoms with Gasteiger partial charge >= 0.3 is 0 Å². The van der Waals surface area contributed by atoms with Crippen LogP contribution in [0.1, 0.15) is 29.2 Å². The summed E-state index contributed by atoms with van der Waals surface area (Å²) in [6.07, 6.45) is 0. The van der Waals surface area contributed by atoms with Crippen LogP contribution in [0.5, 0.6) is 0 Å². The Kier molecular flexibility index (Phi) is 5.99. The molecular formula is C18H21ClN2O. The molecule has 0 aromatic heterocycles. The monoisotopic (exact) mass is 316 g/mol. The van der Waals surface area contributed by atoms with Gasteiger partial charge in [-0.3, -0.25) is 0 Å². The minimum atomic E-state index is 0.468. The third kappa shape index (κ3) is 4.58. The summed E-state index contributed by atoms with van der Waals surface area (Å²) in [5.74, 6) is 0. The Morgan fingerprint density at radius 2 is 2.05 bits per heavy atom. The summed E-state index contributed by atoms with van der Waals surface area (Å²) in [5, 5.41) is 8.06. The third-order valence-corrected chi connectivity index (χ3v) is 3.71. The van der Waals surface area contributed by atoms with Gasteiger partial charge in [-0.05, 0) is 49.7 Å². The second-order valence-corrected chi connectivity index (χ2v) is 5.68. The molecule has 0 spiro atoms. The molecule has 2 aromatic carbocycles. The first-order valence-electron chi connectivity index (χ1n) is 7.25. The van der Waals surface area contributed by atoms with Crippen molar-refractivity contribution < 1.29 is 4.84 Å². The summed E-state index contributed by atoms with van der Waals surface area (Å²) in [6.45, 7) is 5.19. The van der Waals surface area contributed by atoms with Gasteiger partial charge in [0.2, 0.25) is 0 Å². The third-order valence-electron chi connectivity index (χ3n) is 3.35. The van der Waals surface area contributed by atoms with Crippen molar-refractivity contribution in [1.29, 1.82) is 0 Å². The molecule has 2 aromatic rings. The lowest BCUT2D eigenvalue weighted by Gasteiger charge is -2.07. The fourth-order valence-electron chi connectivity index (χ4n) is 2.18. The smallest absolute Gasteiger partial charge is 0.142 e. The van der Waals surface area contributed by atoms with Crippen molar-refractivity contribution in [2.45, 2.75) is 27.0 Å². The Morgan fingerprint density at radius 3 is 2.77 bits per heavy atom. The Balaban J connectivity index is 2.04. The predicted octanol–water partition coefficient (Wildman–Crippen LogP) is 4.31. The summed E-state index contributed by atoms with van der Waals surface area (Å²) in [4.78, 5) is 5.46. The highest BCUT2D eigenvalue weighted by Gasteiger charge is 2.04. The van der Waals surface area contributed by atoms with E-state index in [1.807, 2.05) is 44.3 Å². The summed E-state index contributed by atoms with van der Waals surface area (Å²) in [6, 6.07) is 14.1. The van der Waals surface area contributed by atoms with E-state index in [0.29, 0.717) is 6.61 Å². The highest BCUT2D eigenvalue weighted by molar-refractivity contribution is 6.31. The zero-order chi connectivity index (χ0) is 15.9. The van der Waals surface area contributed by atoms with Gasteiger partial charge < -0.3 is 10.2 Å². The van der Waals surface area contributed by atoms with Crippen LogP contribution in [0.4, 0.5) is 0 Å². The van der Waals surface area contributed by atoms with Crippen molar-refractivity contribution in [3.63, 3.8) is 0 Å². The van der Waals surface area contributed by atoms with E-state index in [0.717, 1.165) is 34.0 Å². The molecule has 116 valence electrons. The van der Waals surface area contributed by atoms with E-state index >= 15 is 0 Å². The molecule has 1 N–H and O–H groups in total. The standard InChI is InChI=1S/C18H21ClN2O/c1-13-5-4-6-15(9-13)12-22-21-14(2)16-7-8-18(19)17(10-16)11-20-3/h4-10,20H,11-12H2,1-3H3. The molecule has 3 nitrogen and oxygen atoms in total. The number of hydrogen-bond acceptors (Lipinski definition) is 3. The largest absolute Gasteiger partial charge is 0.391 e. The van der Waals surface area contributed by atoms with E-state index in [9.17, 15) is 0 Å². The number of nitrogens with zero attached hydrogens (tertiary/aromatic N) is 1. The predicted molar refractivity (Wildman–Crippen MR) is 92.4 cm³/mol. The minimum Gasteiger partial charge on any atom is -0.391 e. The van der Waals surface area contributed by atoms with E-state index in [-0.39, 0.29) is 0 Å². The van der Waals surface area contributed by atoms with E-state index in [1.54, 1.807) is 0 Å². The van der Waals surface area contributed by atoms with Gasteiger partial charge in [0.25, 0.3) is 0 Å². The van der Waals surface area contributed by atoms with E-state index in [1.165, 1.54) is 5.56 Å². The maximum absolute atomic E-state index is 6.17. The van der Waals surface area contributed by atoms with Crippen LogP contribution in [0.2, 0.25) is 5.02 Å². The molecular weight excluding hydrogens is 296 g/mol. The van der Waals surface area contributed by atoms with Gasteiger partial charge in [0.1, 0.15) is 6.61 Å². The van der Waals surface area contributed by atoms with E-state index in [2.05, 4.69) is 29.5 Å². The normalized spacial score (nSPS) is 11.5. The minimum absolute atomic E-state index is 0.468. The lowest BCUT2D eigenvalue weighted by Crippen LogP contribution is -2.07. The first-order chi connectivity index (χ1) is 10.6. The second kappa shape index (κ2) is 7.97. The number of rotatable bonds is 6. The Labute approximate surface area is 136 Å². The van der Waals surface area contributed by atoms with Gasteiger partial charge in [0, 0.05) is 11.6 Å². The van der Waals surface area contributed by atoms with Gasteiger partial charge in [0.05, 0.1) is 5.71 Å². The van der Waals surface area contributed by atoms with Crippen molar-refractivity contribution in [2.24, 2.45) is 5.16 Å². The van der Waals surface area contributed by atoms with Crippen LogP contribution in [-0.4, -0.2) is 12.8 Å². The first kappa shape index (κ1) is 16.5. The van der Waals surface area contributed by atoms with Crippen LogP contribution in [0, 0.1) is 6.92 Å². The molecule has 0 saturated heterocycles. The number of nitrogens with one attached hydrogen (secondary N) is 1. The van der Waals surface area contributed by atoms with Gasteiger partial charge in [0.15, 0.2) is 0 Å². The SMILES string of the molecule is CNCc1cc(C(C)=NOCc2cccc(C)c2)ccc1Cl. The highest BCUT2D eigenvalue weighted by atomic mass is 35.5. The average molecular weight is 317 g/mol. The molecule has 0 atom stereocenters. The topological polar surface area (TPSA) is 33.6 Å². The second-order valence-electron chi connectivity index (χ2n) is 5.28. The van der Waals surface area contributed by atoms with Crippen LogP contribution in [-0.2, 0) is 18.0 Å². The number of halogens is 1. The molecule has 0 radical (unpaired) electrons. The molecule has 2 rings (SSSR count). The summed E-state index contributed by atoms with van der Waals surface area (Å²) in [5.41, 5.74) is 5.23. The zero-order valence-corrected chi connectivity index (χ0v) is 13.9. The van der Waals surface area contributed by atoms with Gasteiger partial charge in [-0.15, -0.1) is 0 Å². The van der Waals surface area contributed by atoms with Crippen molar-refractivity contribution >= 4 is 17.3 Å². The maximum atomic E-state index is 6.17. The average Bonchev–Trinajstić information content (AvgIpc) is 2.49. The highest BCUT2D eigenvalue weighted by Crippen LogP contribution is 2.18. The lowest BCUT2D eigenvalue weighted by molar-refractivity contribution is 0.130. The van der Waals surface area contributed by atoms with Crippen molar-refractivity contribution in [3.8, 4) is 0 Å².